The Kier molecular flexibility index (Phi) is 5.51. The number of non-ortho nitro benzene ring substituents is 1. The second kappa shape index (κ2) is 8.01. The van der Waals surface area contributed by atoms with Gasteiger partial charge in [0.15, 0.2) is 5.11 Å². The van der Waals surface area contributed by atoms with E-state index in [9.17, 15) is 10.1 Å². The highest BCUT2D eigenvalue weighted by molar-refractivity contribution is 7.80. The van der Waals surface area contributed by atoms with Crippen molar-refractivity contribution in [2.45, 2.75) is 13.8 Å². The molecule has 0 fully saturated rings. The second-order valence-corrected chi connectivity index (χ2v) is 6.69. The maximum Gasteiger partial charge on any atom is 0.269 e. The van der Waals surface area contributed by atoms with E-state index in [1.165, 1.54) is 12.1 Å². The first-order valence-corrected chi connectivity index (χ1v) is 8.90. The lowest BCUT2D eigenvalue weighted by Gasteiger charge is -2.11. The van der Waals surface area contributed by atoms with Crippen LogP contribution >= 0.6 is 12.2 Å². The number of nitrogens with two attached hydrogens (primary N) is 1. The fourth-order valence-corrected chi connectivity index (χ4v) is 3.11. The summed E-state index contributed by atoms with van der Waals surface area (Å²) in [5, 5.41) is 14.9. The van der Waals surface area contributed by atoms with E-state index in [-0.39, 0.29) is 10.8 Å². The predicted molar refractivity (Wildman–Crippen MR) is 115 cm³/mol. The number of nitro groups is 1. The smallest absolute Gasteiger partial charge is 0.269 e. The van der Waals surface area contributed by atoms with Gasteiger partial charge in [0.2, 0.25) is 0 Å². The number of aryl methyl sites for hydroxylation is 1. The van der Waals surface area contributed by atoms with Crippen LogP contribution in [0.15, 0.2) is 59.7 Å². The summed E-state index contributed by atoms with van der Waals surface area (Å²) in [6, 6.07) is 16.6. The first kappa shape index (κ1) is 19.2. The summed E-state index contributed by atoms with van der Waals surface area (Å²) < 4.78 is 2.13. The molecule has 0 bridgehead atoms. The van der Waals surface area contributed by atoms with E-state index in [1.54, 1.807) is 18.3 Å². The summed E-state index contributed by atoms with van der Waals surface area (Å²) >= 11 is 4.74. The predicted octanol–water partition coefficient (Wildman–Crippen LogP) is 3.84. The summed E-state index contributed by atoms with van der Waals surface area (Å²) in [5.41, 5.74) is 14.0. The van der Waals surface area contributed by atoms with Crippen LogP contribution in [-0.4, -0.2) is 20.8 Å². The highest BCUT2D eigenvalue weighted by atomic mass is 32.1. The van der Waals surface area contributed by atoms with E-state index in [4.69, 9.17) is 18.0 Å². The normalized spacial score (nSPS) is 10.9. The van der Waals surface area contributed by atoms with E-state index in [1.807, 2.05) is 44.2 Å². The lowest BCUT2D eigenvalue weighted by molar-refractivity contribution is -0.384. The number of thiocarbonyl (C=S) groups is 1. The third-order valence-electron chi connectivity index (χ3n) is 4.39. The van der Waals surface area contributed by atoms with Gasteiger partial charge in [0, 0.05) is 34.8 Å². The van der Waals surface area contributed by atoms with E-state index in [0.29, 0.717) is 0 Å². The molecule has 8 heteroatoms. The fraction of sp³-hybridized carbons (Fsp3) is 0.100. The zero-order valence-electron chi connectivity index (χ0n) is 15.4. The number of rotatable bonds is 5. The molecule has 0 aliphatic rings. The molecule has 0 aliphatic carbocycles. The van der Waals surface area contributed by atoms with Crippen LogP contribution in [0.4, 0.5) is 5.69 Å². The number of benzene rings is 2. The van der Waals surface area contributed by atoms with Gasteiger partial charge in [-0.1, -0.05) is 12.1 Å². The van der Waals surface area contributed by atoms with Crippen molar-refractivity contribution in [2.75, 3.05) is 0 Å². The fourth-order valence-electron chi connectivity index (χ4n) is 3.06. The highest BCUT2D eigenvalue weighted by Crippen LogP contribution is 2.25. The molecule has 7 nitrogen and oxygen atoms in total. The number of nitrogens with zero attached hydrogens (tertiary/aromatic N) is 3. The van der Waals surface area contributed by atoms with Gasteiger partial charge in [-0.3, -0.25) is 15.5 Å². The van der Waals surface area contributed by atoms with E-state index in [0.717, 1.165) is 33.8 Å². The van der Waals surface area contributed by atoms with Crippen LogP contribution < -0.4 is 11.2 Å². The molecule has 0 aliphatic heterocycles. The van der Waals surface area contributed by atoms with Crippen LogP contribution in [0.2, 0.25) is 0 Å². The molecule has 1 heterocycles. The summed E-state index contributed by atoms with van der Waals surface area (Å²) in [5.74, 6) is 0. The highest BCUT2D eigenvalue weighted by Gasteiger charge is 2.10. The van der Waals surface area contributed by atoms with Gasteiger partial charge in [-0.15, -0.1) is 0 Å². The van der Waals surface area contributed by atoms with E-state index < -0.39 is 4.92 Å². The Morgan fingerprint density at radius 1 is 1.14 bits per heavy atom. The Bertz CT molecular complexity index is 1050. The zero-order chi connectivity index (χ0) is 20.3. The number of nitrogens with one attached hydrogen (secondary N) is 1. The number of aromatic nitrogens is 1. The van der Waals surface area contributed by atoms with Crippen molar-refractivity contribution < 1.29 is 4.92 Å². The molecule has 3 rings (SSSR count). The Hall–Kier alpha value is -3.52. The molecule has 3 aromatic rings. The number of hydrogen-bond donors (Lipinski definition) is 2. The molecule has 0 saturated heterocycles. The molecule has 1 aromatic heterocycles. The van der Waals surface area contributed by atoms with Crippen LogP contribution in [0.3, 0.4) is 0 Å². The maximum atomic E-state index is 10.8. The standard InChI is InChI=1S/C20H19N5O2S/c1-13-11-17(12-22-23-20(21)28)14(2)24(13)18-7-3-15(4-8-18)16-5-9-19(10-6-16)25(26)27/h3-12H,1-2H3,(H3,21,23,28). The van der Waals surface area contributed by atoms with Crippen LogP contribution in [0.25, 0.3) is 16.8 Å². The van der Waals surface area contributed by atoms with Crippen LogP contribution in [0.5, 0.6) is 0 Å². The van der Waals surface area contributed by atoms with Crippen LogP contribution in [0.1, 0.15) is 17.0 Å². The average molecular weight is 393 g/mol. The van der Waals surface area contributed by atoms with E-state index >= 15 is 0 Å². The Balaban J connectivity index is 1.87. The van der Waals surface area contributed by atoms with Gasteiger partial charge >= 0.3 is 0 Å². The summed E-state index contributed by atoms with van der Waals surface area (Å²) in [6.07, 6.45) is 1.68. The minimum Gasteiger partial charge on any atom is -0.375 e. The largest absolute Gasteiger partial charge is 0.375 e. The van der Waals surface area contributed by atoms with Gasteiger partial charge < -0.3 is 10.3 Å². The molecule has 0 atom stereocenters. The molecule has 28 heavy (non-hydrogen) atoms. The molecule has 0 saturated carbocycles. The number of nitro benzene ring substituents is 1. The van der Waals surface area contributed by atoms with Crippen LogP contribution in [0, 0.1) is 24.0 Å². The third kappa shape index (κ3) is 4.07. The Morgan fingerprint density at radius 2 is 1.71 bits per heavy atom. The van der Waals surface area contributed by atoms with Crippen molar-refractivity contribution in [3.8, 4) is 16.8 Å². The van der Waals surface area contributed by atoms with Crippen molar-refractivity contribution >= 4 is 29.2 Å². The SMILES string of the molecule is Cc1cc(C=NNC(N)=S)c(C)n1-c1ccc(-c2ccc([N+](=O)[O-])cc2)cc1. The first-order valence-electron chi connectivity index (χ1n) is 8.49. The van der Waals surface area contributed by atoms with Gasteiger partial charge in [-0.05, 0) is 67.5 Å². The third-order valence-corrected chi connectivity index (χ3v) is 4.48. The topological polar surface area (TPSA) is 98.5 Å². The zero-order valence-corrected chi connectivity index (χ0v) is 16.2. The van der Waals surface area contributed by atoms with Crippen molar-refractivity contribution in [3.05, 3.63) is 81.7 Å². The molecule has 2 aromatic carbocycles. The van der Waals surface area contributed by atoms with Gasteiger partial charge in [0.1, 0.15) is 0 Å². The Labute approximate surface area is 167 Å². The molecular formula is C20H19N5O2S. The lowest BCUT2D eigenvalue weighted by Crippen LogP contribution is -2.24. The molecule has 0 radical (unpaired) electrons. The van der Waals surface area contributed by atoms with Crippen molar-refractivity contribution in [1.82, 2.24) is 9.99 Å². The summed E-state index contributed by atoms with van der Waals surface area (Å²) in [7, 11) is 0. The maximum absolute atomic E-state index is 10.8. The van der Waals surface area contributed by atoms with Gasteiger partial charge in [0.05, 0.1) is 11.1 Å². The number of hydrazone groups is 1. The second-order valence-electron chi connectivity index (χ2n) is 6.25. The van der Waals surface area contributed by atoms with Crippen molar-refractivity contribution in [3.63, 3.8) is 0 Å². The van der Waals surface area contributed by atoms with Crippen molar-refractivity contribution in [1.29, 1.82) is 0 Å². The van der Waals surface area contributed by atoms with Gasteiger partial charge in [-0.25, -0.2) is 0 Å². The minimum atomic E-state index is -0.401. The molecule has 0 amide bonds. The molecule has 0 spiro atoms. The first-order chi connectivity index (χ1) is 13.4. The average Bonchev–Trinajstić information content (AvgIpc) is 2.95. The van der Waals surface area contributed by atoms with Gasteiger partial charge in [-0.2, -0.15) is 5.10 Å². The number of hydrogen-bond acceptors (Lipinski definition) is 4. The lowest BCUT2D eigenvalue weighted by atomic mass is 10.0. The molecular weight excluding hydrogens is 374 g/mol. The van der Waals surface area contributed by atoms with Gasteiger partial charge in [0.25, 0.3) is 5.69 Å². The summed E-state index contributed by atoms with van der Waals surface area (Å²) in [6.45, 7) is 4.04. The van der Waals surface area contributed by atoms with Crippen molar-refractivity contribution in [2.24, 2.45) is 10.8 Å². The Morgan fingerprint density at radius 3 is 2.25 bits per heavy atom. The van der Waals surface area contributed by atoms with E-state index in [2.05, 4.69) is 15.1 Å². The monoisotopic (exact) mass is 393 g/mol. The molecule has 3 N–H and O–H groups in total. The molecule has 0 unspecified atom stereocenters. The minimum absolute atomic E-state index is 0.0815. The quantitative estimate of drug-likeness (QED) is 0.297. The molecule has 142 valence electrons. The summed E-state index contributed by atoms with van der Waals surface area (Å²) in [4.78, 5) is 10.4. The van der Waals surface area contributed by atoms with Crippen LogP contribution in [-0.2, 0) is 0 Å².